The van der Waals surface area contributed by atoms with E-state index in [4.69, 9.17) is 27.9 Å². The number of carbonyl (C=O) groups excluding carboxylic acids is 1. The smallest absolute Gasteiger partial charge is 0.319 e. The molecule has 2 aromatic rings. The van der Waals surface area contributed by atoms with E-state index in [1.807, 2.05) is 26.0 Å². The van der Waals surface area contributed by atoms with Gasteiger partial charge in [0.2, 0.25) is 0 Å². The lowest BCUT2D eigenvalue weighted by Crippen LogP contribution is -2.32. The van der Waals surface area contributed by atoms with Gasteiger partial charge in [0.15, 0.2) is 0 Å². The number of halogens is 2. The molecule has 0 bridgehead atoms. The number of rotatable bonds is 5. The molecule has 0 heterocycles. The molecule has 0 aliphatic rings. The first-order valence-electron chi connectivity index (χ1n) is 7.15. The Balaban J connectivity index is 1.77. The van der Waals surface area contributed by atoms with Crippen molar-refractivity contribution in [3.05, 3.63) is 57.6 Å². The molecule has 4 nitrogen and oxygen atoms in total. The van der Waals surface area contributed by atoms with Gasteiger partial charge in [0.1, 0.15) is 12.4 Å². The quantitative estimate of drug-likeness (QED) is 0.758. The summed E-state index contributed by atoms with van der Waals surface area (Å²) in [4.78, 5) is 11.8. The zero-order chi connectivity index (χ0) is 16.8. The highest BCUT2D eigenvalue weighted by atomic mass is 35.5. The maximum absolute atomic E-state index is 11.8. The first kappa shape index (κ1) is 17.4. The van der Waals surface area contributed by atoms with Gasteiger partial charge in [0.05, 0.1) is 22.3 Å². The highest BCUT2D eigenvalue weighted by Gasteiger charge is 2.07. The second-order valence-electron chi connectivity index (χ2n) is 5.15. The zero-order valence-corrected chi connectivity index (χ0v) is 14.5. The van der Waals surface area contributed by atoms with E-state index in [9.17, 15) is 4.79 Å². The third kappa shape index (κ3) is 5.34. The van der Waals surface area contributed by atoms with Crippen LogP contribution in [0.4, 0.5) is 10.5 Å². The molecule has 122 valence electrons. The molecule has 0 unspecified atom stereocenters. The number of anilines is 1. The van der Waals surface area contributed by atoms with Crippen molar-refractivity contribution in [3.8, 4) is 5.75 Å². The van der Waals surface area contributed by atoms with Crippen LogP contribution in [0.2, 0.25) is 10.0 Å². The summed E-state index contributed by atoms with van der Waals surface area (Å²) in [5.74, 6) is 0.794. The minimum Gasteiger partial charge on any atom is -0.492 e. The fourth-order valence-corrected chi connectivity index (χ4v) is 2.46. The number of aryl methyl sites for hydroxylation is 2. The van der Waals surface area contributed by atoms with Crippen molar-refractivity contribution < 1.29 is 9.53 Å². The standard InChI is InChI=1S/C17H18Cl2N2O2/c1-11-8-12(2)10-13(9-11)23-7-6-20-17(22)21-15-5-3-4-14(18)16(15)19/h3-5,8-10H,6-7H2,1-2H3,(H2,20,21,22). The van der Waals surface area contributed by atoms with Crippen LogP contribution in [0.25, 0.3) is 0 Å². The molecule has 0 aromatic heterocycles. The molecule has 0 saturated heterocycles. The van der Waals surface area contributed by atoms with Crippen LogP contribution in [0.5, 0.6) is 5.75 Å². The van der Waals surface area contributed by atoms with Crippen LogP contribution in [-0.4, -0.2) is 19.2 Å². The van der Waals surface area contributed by atoms with E-state index >= 15 is 0 Å². The van der Waals surface area contributed by atoms with Crippen molar-refractivity contribution in [1.82, 2.24) is 5.32 Å². The fourth-order valence-electron chi connectivity index (χ4n) is 2.12. The molecule has 0 aliphatic carbocycles. The molecular weight excluding hydrogens is 335 g/mol. The largest absolute Gasteiger partial charge is 0.492 e. The normalized spacial score (nSPS) is 10.3. The van der Waals surface area contributed by atoms with Crippen molar-refractivity contribution in [2.24, 2.45) is 0 Å². The fraction of sp³-hybridized carbons (Fsp3) is 0.235. The third-order valence-electron chi connectivity index (χ3n) is 3.05. The molecule has 0 aliphatic heterocycles. The maximum atomic E-state index is 11.8. The molecule has 2 rings (SSSR count). The van der Waals surface area contributed by atoms with Crippen LogP contribution in [0.1, 0.15) is 11.1 Å². The number of ether oxygens (including phenoxy) is 1. The lowest BCUT2D eigenvalue weighted by molar-refractivity contribution is 0.247. The molecule has 0 fully saturated rings. The summed E-state index contributed by atoms with van der Waals surface area (Å²) in [6.45, 7) is 4.77. The second-order valence-corrected chi connectivity index (χ2v) is 5.94. The van der Waals surface area contributed by atoms with E-state index in [-0.39, 0.29) is 6.03 Å². The Morgan fingerprint density at radius 3 is 2.52 bits per heavy atom. The van der Waals surface area contributed by atoms with E-state index in [1.165, 1.54) is 0 Å². The van der Waals surface area contributed by atoms with Gasteiger partial charge in [-0.1, -0.05) is 35.3 Å². The first-order valence-corrected chi connectivity index (χ1v) is 7.91. The van der Waals surface area contributed by atoms with E-state index < -0.39 is 0 Å². The molecule has 0 saturated carbocycles. The molecule has 0 spiro atoms. The van der Waals surface area contributed by atoms with Crippen LogP contribution >= 0.6 is 23.2 Å². The lowest BCUT2D eigenvalue weighted by atomic mass is 10.1. The van der Waals surface area contributed by atoms with Crippen LogP contribution in [-0.2, 0) is 0 Å². The van der Waals surface area contributed by atoms with Crippen molar-refractivity contribution in [1.29, 1.82) is 0 Å². The van der Waals surface area contributed by atoms with Gasteiger partial charge in [-0.2, -0.15) is 0 Å². The minimum absolute atomic E-state index is 0.316. The molecule has 2 aromatic carbocycles. The Labute approximate surface area is 145 Å². The summed E-state index contributed by atoms with van der Waals surface area (Å²) in [7, 11) is 0. The predicted molar refractivity (Wildman–Crippen MR) is 94.9 cm³/mol. The van der Waals surface area contributed by atoms with Crippen LogP contribution in [0.15, 0.2) is 36.4 Å². The van der Waals surface area contributed by atoms with Crippen molar-refractivity contribution >= 4 is 34.9 Å². The van der Waals surface area contributed by atoms with Crippen LogP contribution in [0, 0.1) is 13.8 Å². The topological polar surface area (TPSA) is 50.4 Å². The number of carbonyl (C=O) groups is 1. The lowest BCUT2D eigenvalue weighted by Gasteiger charge is -2.11. The van der Waals surface area contributed by atoms with Gasteiger partial charge in [-0.05, 0) is 49.2 Å². The summed E-state index contributed by atoms with van der Waals surface area (Å²) in [6, 6.07) is 10.7. The molecular formula is C17H18Cl2N2O2. The van der Waals surface area contributed by atoms with Gasteiger partial charge in [-0.3, -0.25) is 0 Å². The molecule has 0 radical (unpaired) electrons. The number of amides is 2. The van der Waals surface area contributed by atoms with Gasteiger partial charge in [0.25, 0.3) is 0 Å². The van der Waals surface area contributed by atoms with Crippen molar-refractivity contribution in [2.75, 3.05) is 18.5 Å². The average Bonchev–Trinajstić information content (AvgIpc) is 2.47. The zero-order valence-electron chi connectivity index (χ0n) is 13.0. The van der Waals surface area contributed by atoms with Gasteiger partial charge in [-0.25, -0.2) is 4.79 Å². The predicted octanol–water partition coefficient (Wildman–Crippen LogP) is 4.81. The van der Waals surface area contributed by atoms with E-state index in [2.05, 4.69) is 16.7 Å². The van der Waals surface area contributed by atoms with E-state index in [1.54, 1.807) is 18.2 Å². The SMILES string of the molecule is Cc1cc(C)cc(OCCNC(=O)Nc2cccc(Cl)c2Cl)c1. The molecule has 6 heteroatoms. The second kappa shape index (κ2) is 8.09. The van der Waals surface area contributed by atoms with E-state index in [0.717, 1.165) is 16.9 Å². The average molecular weight is 353 g/mol. The Morgan fingerprint density at radius 1 is 1.13 bits per heavy atom. The minimum atomic E-state index is -0.363. The highest BCUT2D eigenvalue weighted by molar-refractivity contribution is 6.43. The summed E-state index contributed by atoms with van der Waals surface area (Å²) in [5, 5.41) is 6.05. The summed E-state index contributed by atoms with van der Waals surface area (Å²) < 4.78 is 5.62. The van der Waals surface area contributed by atoms with Crippen molar-refractivity contribution in [2.45, 2.75) is 13.8 Å². The van der Waals surface area contributed by atoms with Gasteiger partial charge in [-0.15, -0.1) is 0 Å². The number of hydrogen-bond donors (Lipinski definition) is 2. The van der Waals surface area contributed by atoms with Gasteiger partial charge >= 0.3 is 6.03 Å². The molecule has 2 amide bonds. The highest BCUT2D eigenvalue weighted by Crippen LogP contribution is 2.29. The summed E-state index contributed by atoms with van der Waals surface area (Å²) in [6.07, 6.45) is 0. The summed E-state index contributed by atoms with van der Waals surface area (Å²) >= 11 is 11.9. The van der Waals surface area contributed by atoms with Gasteiger partial charge < -0.3 is 15.4 Å². The Morgan fingerprint density at radius 2 is 1.83 bits per heavy atom. The Kier molecular flexibility index (Phi) is 6.13. The molecule has 2 N–H and O–H groups in total. The Bertz CT molecular complexity index is 685. The van der Waals surface area contributed by atoms with Crippen LogP contribution < -0.4 is 15.4 Å². The van der Waals surface area contributed by atoms with Gasteiger partial charge in [0, 0.05) is 0 Å². The summed E-state index contributed by atoms with van der Waals surface area (Å²) in [5.41, 5.74) is 2.74. The van der Waals surface area contributed by atoms with E-state index in [0.29, 0.717) is 28.9 Å². The molecule has 23 heavy (non-hydrogen) atoms. The van der Waals surface area contributed by atoms with Crippen molar-refractivity contribution in [3.63, 3.8) is 0 Å². The third-order valence-corrected chi connectivity index (χ3v) is 3.87. The number of hydrogen-bond acceptors (Lipinski definition) is 2. The Hall–Kier alpha value is -1.91. The van der Waals surface area contributed by atoms with Crippen LogP contribution in [0.3, 0.4) is 0 Å². The maximum Gasteiger partial charge on any atom is 0.319 e. The number of nitrogens with one attached hydrogen (secondary N) is 2. The number of urea groups is 1. The number of benzene rings is 2. The first-order chi connectivity index (χ1) is 11.0. The molecule has 0 atom stereocenters. The monoisotopic (exact) mass is 352 g/mol.